The molecule has 0 aliphatic heterocycles. The van der Waals surface area contributed by atoms with Crippen LogP contribution in [0.2, 0.25) is 0 Å². The maximum Gasteiger partial charge on any atom is 0.326 e. The molecule has 0 radical (unpaired) electrons. The Kier molecular flexibility index (Phi) is 5.60. The fourth-order valence-electron chi connectivity index (χ4n) is 0.677. The molecular formula is C6H12FNO4S. The van der Waals surface area contributed by atoms with Crippen molar-refractivity contribution in [1.82, 2.24) is 4.90 Å². The molecule has 7 heteroatoms. The molecule has 13 heavy (non-hydrogen) atoms. The van der Waals surface area contributed by atoms with Crippen LogP contribution < -0.4 is 0 Å². The summed E-state index contributed by atoms with van der Waals surface area (Å²) in [6.07, 6.45) is 0.974. The van der Waals surface area contributed by atoms with Gasteiger partial charge in [-0.3, -0.25) is 0 Å². The molecule has 0 aliphatic carbocycles. The molecule has 78 valence electrons. The molecule has 0 rings (SSSR count). The van der Waals surface area contributed by atoms with Crippen LogP contribution in [-0.2, 0) is 10.2 Å². The van der Waals surface area contributed by atoms with Crippen LogP contribution in [0.1, 0.15) is 0 Å². The average Bonchev–Trinajstić information content (AvgIpc) is 2.00. The van der Waals surface area contributed by atoms with Crippen molar-refractivity contribution in [2.75, 3.05) is 26.3 Å². The zero-order valence-electron chi connectivity index (χ0n) is 6.93. The molecule has 0 saturated heterocycles. The van der Waals surface area contributed by atoms with E-state index in [1.54, 1.807) is 0 Å². The Hall–Kier alpha value is -0.660. The van der Waals surface area contributed by atoms with Crippen molar-refractivity contribution >= 4 is 10.2 Å². The number of hydrogen-bond donors (Lipinski definition) is 2. The van der Waals surface area contributed by atoms with Gasteiger partial charge in [0.1, 0.15) is 0 Å². The molecule has 0 fully saturated rings. The summed E-state index contributed by atoms with van der Waals surface area (Å²) in [7, 11) is -4.64. The lowest BCUT2D eigenvalue weighted by Crippen LogP contribution is -2.24. The summed E-state index contributed by atoms with van der Waals surface area (Å²) in [4.78, 5) is 1.29. The smallest absolute Gasteiger partial charge is 0.326 e. The van der Waals surface area contributed by atoms with Gasteiger partial charge in [-0.15, -0.1) is 3.89 Å². The third kappa shape index (κ3) is 7.69. The van der Waals surface area contributed by atoms with Gasteiger partial charge >= 0.3 is 10.2 Å². The second-order valence-electron chi connectivity index (χ2n) is 2.24. The fourth-order valence-corrected chi connectivity index (χ4v) is 0.994. The highest BCUT2D eigenvalue weighted by atomic mass is 32.3. The molecule has 0 aromatic heterocycles. The summed E-state index contributed by atoms with van der Waals surface area (Å²) in [5.74, 6) is 0. The molecule has 0 aromatic carbocycles. The second-order valence-corrected chi connectivity index (χ2v) is 3.47. The Labute approximate surface area is 76.3 Å². The van der Waals surface area contributed by atoms with Gasteiger partial charge < -0.3 is 15.1 Å². The molecule has 0 spiro atoms. The maximum absolute atomic E-state index is 12.0. The number of halogens is 1. The lowest BCUT2D eigenvalue weighted by Gasteiger charge is -2.16. The number of nitrogens with zero attached hydrogens (tertiary/aromatic N) is 1. The van der Waals surface area contributed by atoms with Gasteiger partial charge in [-0.05, 0) is 0 Å². The van der Waals surface area contributed by atoms with E-state index in [1.165, 1.54) is 4.90 Å². The van der Waals surface area contributed by atoms with E-state index in [0.29, 0.717) is 5.41 Å². The minimum absolute atomic E-state index is 0.145. The van der Waals surface area contributed by atoms with Crippen LogP contribution in [0.25, 0.3) is 0 Å². The summed E-state index contributed by atoms with van der Waals surface area (Å²) >= 11 is 0. The van der Waals surface area contributed by atoms with E-state index in [4.69, 9.17) is 10.2 Å². The largest absolute Gasteiger partial charge is 0.395 e. The van der Waals surface area contributed by atoms with E-state index in [9.17, 15) is 12.3 Å². The van der Waals surface area contributed by atoms with Crippen molar-refractivity contribution in [1.29, 1.82) is 0 Å². The van der Waals surface area contributed by atoms with Gasteiger partial charge in [-0.1, -0.05) is 0 Å². The van der Waals surface area contributed by atoms with Crippen molar-refractivity contribution in [2.24, 2.45) is 0 Å². The Morgan fingerprint density at radius 2 is 1.69 bits per heavy atom. The summed E-state index contributed by atoms with van der Waals surface area (Å²) in [6.45, 7) is -0.105. The van der Waals surface area contributed by atoms with E-state index < -0.39 is 10.2 Å². The molecular weight excluding hydrogens is 201 g/mol. The summed E-state index contributed by atoms with van der Waals surface area (Å²) in [6, 6.07) is 0. The third-order valence-electron chi connectivity index (χ3n) is 1.21. The van der Waals surface area contributed by atoms with Crippen molar-refractivity contribution in [3.8, 4) is 0 Å². The maximum atomic E-state index is 12.0. The van der Waals surface area contributed by atoms with Gasteiger partial charge in [0.05, 0.1) is 18.6 Å². The molecule has 0 atom stereocenters. The van der Waals surface area contributed by atoms with E-state index in [-0.39, 0.29) is 26.3 Å². The number of hydrogen-bond acceptors (Lipinski definition) is 5. The highest BCUT2D eigenvalue weighted by Gasteiger charge is 2.02. The molecule has 0 saturated carbocycles. The monoisotopic (exact) mass is 213 g/mol. The van der Waals surface area contributed by atoms with Crippen LogP contribution in [0.3, 0.4) is 0 Å². The number of aliphatic hydroxyl groups is 2. The molecule has 0 amide bonds. The fraction of sp³-hybridized carbons (Fsp3) is 0.667. The lowest BCUT2D eigenvalue weighted by molar-refractivity contribution is 0.199. The van der Waals surface area contributed by atoms with Crippen LogP contribution in [-0.4, -0.2) is 49.8 Å². The Morgan fingerprint density at radius 1 is 1.23 bits per heavy atom. The highest BCUT2D eigenvalue weighted by Crippen LogP contribution is 1.96. The third-order valence-corrected chi connectivity index (χ3v) is 1.66. The van der Waals surface area contributed by atoms with Crippen LogP contribution in [0.15, 0.2) is 11.6 Å². The van der Waals surface area contributed by atoms with E-state index in [1.807, 2.05) is 0 Å². The summed E-state index contributed by atoms with van der Waals surface area (Å²) < 4.78 is 32.0. The molecule has 0 unspecified atom stereocenters. The van der Waals surface area contributed by atoms with Gasteiger partial charge in [0.2, 0.25) is 0 Å². The minimum atomic E-state index is -4.64. The van der Waals surface area contributed by atoms with Gasteiger partial charge in [0, 0.05) is 19.3 Å². The van der Waals surface area contributed by atoms with E-state index >= 15 is 0 Å². The van der Waals surface area contributed by atoms with Gasteiger partial charge in [0.25, 0.3) is 0 Å². The van der Waals surface area contributed by atoms with Crippen molar-refractivity contribution < 1.29 is 22.5 Å². The Morgan fingerprint density at radius 3 is 2.00 bits per heavy atom. The van der Waals surface area contributed by atoms with E-state index in [2.05, 4.69) is 0 Å². The average molecular weight is 213 g/mol. The molecule has 0 aromatic rings. The first-order chi connectivity index (χ1) is 5.99. The Bertz CT molecular complexity index is 245. The molecule has 5 nitrogen and oxygen atoms in total. The molecule has 0 heterocycles. The zero-order valence-corrected chi connectivity index (χ0v) is 7.74. The van der Waals surface area contributed by atoms with Crippen LogP contribution >= 0.6 is 0 Å². The standard InChI is InChI=1S/C6H12FNO4S/c7-13(11,12)6-3-8(1-4-9)2-5-10/h3,6,9-10H,1-2,4-5H2/b6-3+. The number of aliphatic hydroxyl groups excluding tert-OH is 2. The SMILES string of the molecule is O=S(=O)(F)/C=C/N(CCO)CCO. The predicted octanol–water partition coefficient (Wildman–Crippen LogP) is -0.957. The van der Waals surface area contributed by atoms with Crippen molar-refractivity contribution in [2.45, 2.75) is 0 Å². The van der Waals surface area contributed by atoms with Gasteiger partial charge in [-0.25, -0.2) is 0 Å². The lowest BCUT2D eigenvalue weighted by atomic mass is 10.5. The predicted molar refractivity (Wildman–Crippen MR) is 44.9 cm³/mol. The van der Waals surface area contributed by atoms with E-state index in [0.717, 1.165) is 6.20 Å². The Balaban J connectivity index is 4.16. The second kappa shape index (κ2) is 5.90. The van der Waals surface area contributed by atoms with Crippen LogP contribution in [0, 0.1) is 0 Å². The zero-order chi connectivity index (χ0) is 10.3. The van der Waals surface area contributed by atoms with Crippen LogP contribution in [0.5, 0.6) is 0 Å². The van der Waals surface area contributed by atoms with Crippen LogP contribution in [0.4, 0.5) is 3.89 Å². The van der Waals surface area contributed by atoms with Gasteiger partial charge in [0.15, 0.2) is 0 Å². The summed E-state index contributed by atoms with van der Waals surface area (Å²) in [5.41, 5.74) is 0. The first kappa shape index (κ1) is 12.3. The molecule has 2 N–H and O–H groups in total. The highest BCUT2D eigenvalue weighted by molar-refractivity contribution is 7.89. The summed E-state index contributed by atoms with van der Waals surface area (Å²) in [5, 5.41) is 17.4. The van der Waals surface area contributed by atoms with Crippen molar-refractivity contribution in [3.05, 3.63) is 11.6 Å². The van der Waals surface area contributed by atoms with Gasteiger partial charge in [-0.2, -0.15) is 8.42 Å². The molecule has 0 bridgehead atoms. The normalized spacial score (nSPS) is 12.2. The van der Waals surface area contributed by atoms with Crippen molar-refractivity contribution in [3.63, 3.8) is 0 Å². The minimum Gasteiger partial charge on any atom is -0.395 e. The number of rotatable bonds is 6. The first-order valence-electron chi connectivity index (χ1n) is 3.58. The first-order valence-corrected chi connectivity index (χ1v) is 5.03. The quantitative estimate of drug-likeness (QED) is 0.556. The topological polar surface area (TPSA) is 77.8 Å². The molecule has 0 aliphatic rings.